The third-order valence-electron chi connectivity index (χ3n) is 2.17. The molecule has 1 aromatic rings. The first kappa shape index (κ1) is 9.12. The second-order valence-corrected chi connectivity index (χ2v) is 3.78. The molecule has 3 nitrogen and oxygen atoms in total. The van der Waals surface area contributed by atoms with Gasteiger partial charge in [-0.25, -0.2) is 4.98 Å². The molecule has 70 valence electrons. The van der Waals surface area contributed by atoms with Gasteiger partial charge in [0.2, 0.25) is 0 Å². The summed E-state index contributed by atoms with van der Waals surface area (Å²) in [6.07, 6.45) is 1.87. The maximum absolute atomic E-state index is 5.99. The van der Waals surface area contributed by atoms with Crippen LogP contribution in [0.15, 0.2) is 0 Å². The Kier molecular flexibility index (Phi) is 2.62. The van der Waals surface area contributed by atoms with E-state index in [2.05, 4.69) is 15.3 Å². The van der Waals surface area contributed by atoms with Crippen LogP contribution in [0, 0.1) is 4.77 Å². The zero-order valence-corrected chi connectivity index (χ0v) is 8.63. The lowest BCUT2D eigenvalue weighted by atomic mass is 10.1. The maximum atomic E-state index is 5.99. The Bertz CT molecular complexity index is 374. The third-order valence-corrected chi connectivity index (χ3v) is 2.68. The molecule has 0 bridgehead atoms. The van der Waals surface area contributed by atoms with Crippen molar-refractivity contribution in [1.82, 2.24) is 15.3 Å². The van der Waals surface area contributed by atoms with Crippen LogP contribution in [-0.2, 0) is 12.8 Å². The molecule has 0 unspecified atom stereocenters. The number of rotatable bonds is 0. The Hall–Kier alpha value is -0.450. The van der Waals surface area contributed by atoms with Gasteiger partial charge in [0, 0.05) is 24.2 Å². The molecule has 2 heterocycles. The molecule has 2 N–H and O–H groups in total. The molecule has 2 rings (SSSR count). The van der Waals surface area contributed by atoms with E-state index in [-0.39, 0.29) is 0 Å². The largest absolute Gasteiger partial charge is 0.334 e. The van der Waals surface area contributed by atoms with Gasteiger partial charge in [0.05, 0.1) is 0 Å². The summed E-state index contributed by atoms with van der Waals surface area (Å²) in [5.74, 6) is 0. The topological polar surface area (TPSA) is 40.7 Å². The van der Waals surface area contributed by atoms with Crippen LogP contribution in [0.25, 0.3) is 0 Å². The molecule has 5 heteroatoms. The molecule has 0 saturated carbocycles. The average molecular weight is 216 g/mol. The van der Waals surface area contributed by atoms with Crippen LogP contribution in [0.3, 0.4) is 0 Å². The van der Waals surface area contributed by atoms with E-state index in [1.54, 1.807) is 0 Å². The molecule has 0 aromatic carbocycles. The molecule has 1 aromatic heterocycles. The highest BCUT2D eigenvalue weighted by Gasteiger charge is 2.11. The number of hydrogen-bond donors (Lipinski definition) is 2. The van der Waals surface area contributed by atoms with Crippen molar-refractivity contribution in [3.63, 3.8) is 0 Å². The molecule has 0 fully saturated rings. The minimum Gasteiger partial charge on any atom is -0.334 e. The van der Waals surface area contributed by atoms with E-state index >= 15 is 0 Å². The van der Waals surface area contributed by atoms with Crippen LogP contribution in [0.1, 0.15) is 11.3 Å². The number of nitrogens with zero attached hydrogens (tertiary/aromatic N) is 1. The lowest BCUT2D eigenvalue weighted by Crippen LogP contribution is -2.16. The molecule has 0 atom stereocenters. The zero-order valence-electron chi connectivity index (χ0n) is 7.06. The number of halogens is 1. The normalized spacial score (nSPS) is 16.4. The molecule has 13 heavy (non-hydrogen) atoms. The maximum Gasteiger partial charge on any atom is 0.198 e. The Morgan fingerprint density at radius 2 is 2.08 bits per heavy atom. The van der Waals surface area contributed by atoms with E-state index in [0.29, 0.717) is 9.92 Å². The van der Waals surface area contributed by atoms with Crippen LogP contribution in [0.2, 0.25) is 5.15 Å². The van der Waals surface area contributed by atoms with Gasteiger partial charge < -0.3 is 10.3 Å². The summed E-state index contributed by atoms with van der Waals surface area (Å²) in [5.41, 5.74) is 2.25. The van der Waals surface area contributed by atoms with Crippen LogP contribution in [0.4, 0.5) is 0 Å². The highest BCUT2D eigenvalue weighted by Crippen LogP contribution is 2.18. The first-order valence-corrected chi connectivity index (χ1v) is 5.04. The summed E-state index contributed by atoms with van der Waals surface area (Å²) in [6, 6.07) is 0. The monoisotopic (exact) mass is 215 g/mol. The smallest absolute Gasteiger partial charge is 0.198 e. The van der Waals surface area contributed by atoms with E-state index < -0.39 is 0 Å². The summed E-state index contributed by atoms with van der Waals surface area (Å²) < 4.78 is 0.477. The quantitative estimate of drug-likeness (QED) is 0.509. The minimum absolute atomic E-state index is 0.477. The Morgan fingerprint density at radius 3 is 2.92 bits per heavy atom. The third kappa shape index (κ3) is 1.90. The van der Waals surface area contributed by atoms with Gasteiger partial charge in [-0.05, 0) is 25.2 Å². The molecule has 0 spiro atoms. The predicted molar refractivity (Wildman–Crippen MR) is 54.7 cm³/mol. The SMILES string of the molecule is S=c1nc(Cl)c2c([nH]1)CCNCC2. The van der Waals surface area contributed by atoms with E-state index in [4.69, 9.17) is 23.8 Å². The number of H-pyrrole nitrogens is 1. The Labute approximate surface area is 86.5 Å². The van der Waals surface area contributed by atoms with E-state index in [1.807, 2.05) is 0 Å². The minimum atomic E-state index is 0.477. The van der Waals surface area contributed by atoms with Crippen LogP contribution < -0.4 is 5.32 Å². The van der Waals surface area contributed by atoms with Gasteiger partial charge in [0.15, 0.2) is 4.77 Å². The van der Waals surface area contributed by atoms with Crippen LogP contribution in [-0.4, -0.2) is 23.1 Å². The summed E-state index contributed by atoms with van der Waals surface area (Å²) >= 11 is 11.0. The molecule has 1 aliphatic rings. The number of aromatic amines is 1. The van der Waals surface area contributed by atoms with E-state index in [9.17, 15) is 0 Å². The first-order valence-electron chi connectivity index (χ1n) is 4.25. The first-order chi connectivity index (χ1) is 6.27. The number of nitrogens with one attached hydrogen (secondary N) is 2. The fraction of sp³-hybridized carbons (Fsp3) is 0.500. The fourth-order valence-electron chi connectivity index (χ4n) is 1.53. The van der Waals surface area contributed by atoms with Crippen LogP contribution >= 0.6 is 23.8 Å². The lowest BCUT2D eigenvalue weighted by molar-refractivity contribution is 0.708. The van der Waals surface area contributed by atoms with Gasteiger partial charge in [-0.1, -0.05) is 11.6 Å². The van der Waals surface area contributed by atoms with Crippen LogP contribution in [0.5, 0.6) is 0 Å². The fourth-order valence-corrected chi connectivity index (χ4v) is 2.09. The second-order valence-electron chi connectivity index (χ2n) is 3.04. The standard InChI is InChI=1S/C8H10ClN3S/c9-7-5-1-3-10-4-2-6(5)11-8(13)12-7/h10H,1-4H2,(H,11,12,13). The molecule has 0 radical (unpaired) electrons. The molecule has 0 aliphatic carbocycles. The van der Waals surface area contributed by atoms with Crippen molar-refractivity contribution in [1.29, 1.82) is 0 Å². The summed E-state index contributed by atoms with van der Waals surface area (Å²) in [5, 5.41) is 3.86. The Morgan fingerprint density at radius 1 is 1.31 bits per heavy atom. The number of fused-ring (bicyclic) bond motifs is 1. The average Bonchev–Trinajstić information content (AvgIpc) is 2.28. The number of hydrogen-bond acceptors (Lipinski definition) is 3. The number of aromatic nitrogens is 2. The van der Waals surface area contributed by atoms with Gasteiger partial charge in [0.1, 0.15) is 5.15 Å². The summed E-state index contributed by atoms with van der Waals surface area (Å²) in [7, 11) is 0. The summed E-state index contributed by atoms with van der Waals surface area (Å²) in [6.45, 7) is 1.93. The van der Waals surface area contributed by atoms with Crippen molar-refractivity contribution in [3.05, 3.63) is 21.2 Å². The molecule has 1 aliphatic heterocycles. The zero-order chi connectivity index (χ0) is 9.26. The molecule has 0 amide bonds. The second kappa shape index (κ2) is 3.74. The van der Waals surface area contributed by atoms with Gasteiger partial charge in [-0.3, -0.25) is 0 Å². The molecular formula is C8H10ClN3S. The highest BCUT2D eigenvalue weighted by atomic mass is 35.5. The van der Waals surface area contributed by atoms with Crippen molar-refractivity contribution in [2.45, 2.75) is 12.8 Å². The van der Waals surface area contributed by atoms with Crippen molar-refractivity contribution < 1.29 is 0 Å². The molecule has 0 saturated heterocycles. The van der Waals surface area contributed by atoms with E-state index in [0.717, 1.165) is 37.2 Å². The lowest BCUT2D eigenvalue weighted by Gasteiger charge is -2.05. The predicted octanol–water partition coefficient (Wildman–Crippen LogP) is 1.48. The van der Waals surface area contributed by atoms with Crippen molar-refractivity contribution in [3.8, 4) is 0 Å². The Balaban J connectivity index is 2.53. The molecular weight excluding hydrogens is 206 g/mol. The van der Waals surface area contributed by atoms with Gasteiger partial charge in [-0.15, -0.1) is 0 Å². The van der Waals surface area contributed by atoms with Gasteiger partial charge in [-0.2, -0.15) is 0 Å². The van der Waals surface area contributed by atoms with Crippen molar-refractivity contribution >= 4 is 23.8 Å². The highest BCUT2D eigenvalue weighted by molar-refractivity contribution is 7.71. The van der Waals surface area contributed by atoms with Crippen molar-refractivity contribution in [2.24, 2.45) is 0 Å². The van der Waals surface area contributed by atoms with Gasteiger partial charge in [0.25, 0.3) is 0 Å². The van der Waals surface area contributed by atoms with E-state index in [1.165, 1.54) is 0 Å². The van der Waals surface area contributed by atoms with Gasteiger partial charge >= 0.3 is 0 Å². The summed E-state index contributed by atoms with van der Waals surface area (Å²) in [4.78, 5) is 7.11. The van der Waals surface area contributed by atoms with Crippen molar-refractivity contribution in [2.75, 3.05) is 13.1 Å².